The van der Waals surface area contributed by atoms with E-state index < -0.39 is 0 Å². The molecule has 1 saturated carbocycles. The maximum Gasteiger partial charge on any atom is 0.0292 e. The highest BCUT2D eigenvalue weighted by Crippen LogP contribution is 2.37. The monoisotopic (exact) mass is 291 g/mol. The molecular formula is C18H29NS. The van der Waals surface area contributed by atoms with E-state index >= 15 is 0 Å². The molecule has 3 atom stereocenters. The molecule has 0 aliphatic heterocycles. The van der Waals surface area contributed by atoms with Gasteiger partial charge < -0.3 is 5.32 Å². The minimum atomic E-state index is 0.454. The Labute approximate surface area is 128 Å². The van der Waals surface area contributed by atoms with Gasteiger partial charge in [-0.1, -0.05) is 45.2 Å². The van der Waals surface area contributed by atoms with Crippen LogP contribution in [0.5, 0.6) is 0 Å². The summed E-state index contributed by atoms with van der Waals surface area (Å²) in [6.07, 6.45) is 7.03. The summed E-state index contributed by atoms with van der Waals surface area (Å²) in [4.78, 5) is 1.45. The van der Waals surface area contributed by atoms with Crippen LogP contribution in [0.15, 0.2) is 29.2 Å². The van der Waals surface area contributed by atoms with Crippen LogP contribution in [0.2, 0.25) is 0 Å². The Balaban J connectivity index is 1.97. The Morgan fingerprint density at radius 2 is 2.15 bits per heavy atom. The lowest BCUT2D eigenvalue weighted by molar-refractivity contribution is 0.357. The summed E-state index contributed by atoms with van der Waals surface area (Å²) in [5.41, 5.74) is 1.42. The van der Waals surface area contributed by atoms with Gasteiger partial charge in [0.25, 0.3) is 0 Å². The molecule has 1 aliphatic carbocycles. The Kier molecular flexibility index (Phi) is 6.44. The molecule has 1 N–H and O–H groups in total. The first kappa shape index (κ1) is 15.9. The third-order valence-corrected chi connectivity index (χ3v) is 5.77. The maximum absolute atomic E-state index is 3.50. The zero-order valence-electron chi connectivity index (χ0n) is 13.2. The second-order valence-corrected chi connectivity index (χ2v) is 7.41. The van der Waals surface area contributed by atoms with Crippen molar-refractivity contribution in [2.75, 3.05) is 6.54 Å². The van der Waals surface area contributed by atoms with E-state index in [1.54, 1.807) is 0 Å². The normalized spacial score (nSPS) is 24.6. The quantitative estimate of drug-likeness (QED) is 0.751. The third kappa shape index (κ3) is 4.53. The second kappa shape index (κ2) is 8.09. The van der Waals surface area contributed by atoms with Crippen LogP contribution in [0.25, 0.3) is 0 Å². The van der Waals surface area contributed by atoms with Gasteiger partial charge in [0.05, 0.1) is 0 Å². The summed E-state index contributed by atoms with van der Waals surface area (Å²) in [5.74, 6) is 0.963. The highest BCUT2D eigenvalue weighted by atomic mass is 32.2. The predicted molar refractivity (Wildman–Crippen MR) is 90.4 cm³/mol. The summed E-state index contributed by atoms with van der Waals surface area (Å²) in [6, 6.07) is 9.57. The summed E-state index contributed by atoms with van der Waals surface area (Å²) >= 11 is 2.11. The van der Waals surface area contributed by atoms with Crippen molar-refractivity contribution in [3.05, 3.63) is 29.8 Å². The number of hydrogen-bond donors (Lipinski definition) is 1. The molecule has 20 heavy (non-hydrogen) atoms. The zero-order valence-corrected chi connectivity index (χ0v) is 14.0. The molecular weight excluding hydrogens is 262 g/mol. The molecule has 1 aromatic rings. The predicted octanol–water partition coefficient (Wildman–Crippen LogP) is 5.42. The lowest BCUT2D eigenvalue weighted by atomic mass is 9.87. The summed E-state index contributed by atoms with van der Waals surface area (Å²) in [6.45, 7) is 7.79. The number of thioether (sulfide) groups is 1. The molecule has 2 heteroatoms. The molecule has 0 spiro atoms. The largest absolute Gasteiger partial charge is 0.310 e. The molecule has 0 radical (unpaired) electrons. The standard InChI is InChI=1S/C18H29NS/c1-4-15-8-6-10-17(12-15)20-18-11-7-9-16(13-18)14(3)19-5-2/h7,9,11,13-15,17,19H,4-6,8,10,12H2,1-3H3. The van der Waals surface area contributed by atoms with Gasteiger partial charge in [0.2, 0.25) is 0 Å². The van der Waals surface area contributed by atoms with Crippen LogP contribution in [0.1, 0.15) is 64.5 Å². The fraction of sp³-hybridized carbons (Fsp3) is 0.667. The highest BCUT2D eigenvalue weighted by Gasteiger charge is 2.21. The smallest absolute Gasteiger partial charge is 0.0292 e. The number of rotatable bonds is 6. The first-order valence-electron chi connectivity index (χ1n) is 8.22. The zero-order chi connectivity index (χ0) is 14.4. The molecule has 1 aromatic carbocycles. The van der Waals surface area contributed by atoms with Gasteiger partial charge in [-0.05, 0) is 49.9 Å². The van der Waals surface area contributed by atoms with Crippen LogP contribution in [-0.2, 0) is 0 Å². The second-order valence-electron chi connectivity index (χ2n) is 6.03. The molecule has 0 aromatic heterocycles. The van der Waals surface area contributed by atoms with Crippen LogP contribution in [0.4, 0.5) is 0 Å². The van der Waals surface area contributed by atoms with Gasteiger partial charge in [-0.2, -0.15) is 0 Å². The van der Waals surface area contributed by atoms with Crippen molar-refractivity contribution in [1.82, 2.24) is 5.32 Å². The fourth-order valence-corrected chi connectivity index (χ4v) is 4.59. The third-order valence-electron chi connectivity index (χ3n) is 4.48. The van der Waals surface area contributed by atoms with E-state index in [0.29, 0.717) is 6.04 Å². The number of benzene rings is 1. The molecule has 1 aliphatic rings. The lowest BCUT2D eigenvalue weighted by Gasteiger charge is -2.28. The SMILES string of the molecule is CCNC(C)c1cccc(SC2CCCC(CC)C2)c1. The van der Waals surface area contributed by atoms with Crippen molar-refractivity contribution in [1.29, 1.82) is 0 Å². The molecule has 3 unspecified atom stereocenters. The summed E-state index contributed by atoms with van der Waals surface area (Å²) < 4.78 is 0. The molecule has 0 saturated heterocycles. The van der Waals surface area contributed by atoms with Crippen LogP contribution < -0.4 is 5.32 Å². The summed E-state index contributed by atoms with van der Waals surface area (Å²) in [7, 11) is 0. The average Bonchev–Trinajstić information content (AvgIpc) is 2.48. The Morgan fingerprint density at radius 1 is 1.30 bits per heavy atom. The van der Waals surface area contributed by atoms with Crippen molar-refractivity contribution in [3.63, 3.8) is 0 Å². The van der Waals surface area contributed by atoms with Gasteiger partial charge in [0, 0.05) is 16.2 Å². The molecule has 112 valence electrons. The average molecular weight is 292 g/mol. The van der Waals surface area contributed by atoms with Crippen molar-refractivity contribution < 1.29 is 0 Å². The van der Waals surface area contributed by atoms with Crippen molar-refractivity contribution in [2.45, 2.75) is 69.1 Å². The maximum atomic E-state index is 3.50. The molecule has 1 nitrogen and oxygen atoms in total. The first-order valence-corrected chi connectivity index (χ1v) is 9.10. The molecule has 0 heterocycles. The molecule has 0 bridgehead atoms. The first-order chi connectivity index (χ1) is 9.72. The van der Waals surface area contributed by atoms with E-state index in [1.807, 2.05) is 0 Å². The van der Waals surface area contributed by atoms with Crippen LogP contribution in [-0.4, -0.2) is 11.8 Å². The lowest BCUT2D eigenvalue weighted by Crippen LogP contribution is -2.18. The highest BCUT2D eigenvalue weighted by molar-refractivity contribution is 8.00. The molecule has 2 rings (SSSR count). The minimum absolute atomic E-state index is 0.454. The minimum Gasteiger partial charge on any atom is -0.310 e. The van der Waals surface area contributed by atoms with Gasteiger partial charge >= 0.3 is 0 Å². The summed E-state index contributed by atoms with van der Waals surface area (Å²) in [5, 5.41) is 4.33. The van der Waals surface area contributed by atoms with Gasteiger partial charge in [-0.3, -0.25) is 0 Å². The van der Waals surface area contributed by atoms with Gasteiger partial charge in [0.15, 0.2) is 0 Å². The van der Waals surface area contributed by atoms with E-state index in [1.165, 1.54) is 42.6 Å². The fourth-order valence-electron chi connectivity index (χ4n) is 3.19. The Bertz CT molecular complexity index is 404. The van der Waals surface area contributed by atoms with Crippen molar-refractivity contribution >= 4 is 11.8 Å². The van der Waals surface area contributed by atoms with E-state index in [-0.39, 0.29) is 0 Å². The van der Waals surface area contributed by atoms with E-state index in [0.717, 1.165) is 17.7 Å². The van der Waals surface area contributed by atoms with Crippen LogP contribution in [0, 0.1) is 5.92 Å². The number of hydrogen-bond acceptors (Lipinski definition) is 2. The number of nitrogens with one attached hydrogen (secondary N) is 1. The topological polar surface area (TPSA) is 12.0 Å². The van der Waals surface area contributed by atoms with E-state index in [9.17, 15) is 0 Å². The van der Waals surface area contributed by atoms with Gasteiger partial charge in [-0.15, -0.1) is 11.8 Å². The van der Waals surface area contributed by atoms with Crippen molar-refractivity contribution in [2.24, 2.45) is 5.92 Å². The van der Waals surface area contributed by atoms with Crippen LogP contribution in [0.3, 0.4) is 0 Å². The molecule has 1 fully saturated rings. The Morgan fingerprint density at radius 3 is 2.90 bits per heavy atom. The Hall–Kier alpha value is -0.470. The van der Waals surface area contributed by atoms with E-state index in [4.69, 9.17) is 0 Å². The molecule has 0 amide bonds. The van der Waals surface area contributed by atoms with Gasteiger partial charge in [-0.25, -0.2) is 0 Å². The van der Waals surface area contributed by atoms with Crippen LogP contribution >= 0.6 is 11.8 Å². The van der Waals surface area contributed by atoms with Gasteiger partial charge in [0.1, 0.15) is 0 Å². The van der Waals surface area contributed by atoms with Crippen molar-refractivity contribution in [3.8, 4) is 0 Å². The van der Waals surface area contributed by atoms with E-state index in [2.05, 4.69) is 62.1 Å².